The smallest absolute Gasteiger partial charge is 0.269 e. The number of aryl methyl sites for hydroxylation is 1. The van der Waals surface area contributed by atoms with Gasteiger partial charge in [0.15, 0.2) is 0 Å². The monoisotopic (exact) mass is 402 g/mol. The van der Waals surface area contributed by atoms with Gasteiger partial charge in [0, 0.05) is 43.6 Å². The van der Waals surface area contributed by atoms with E-state index in [-0.39, 0.29) is 17.5 Å². The van der Waals surface area contributed by atoms with E-state index >= 15 is 0 Å². The van der Waals surface area contributed by atoms with E-state index < -0.39 is 0 Å². The predicted octanol–water partition coefficient (Wildman–Crippen LogP) is 1.04. The zero-order valence-corrected chi connectivity index (χ0v) is 16.7. The lowest BCUT2D eigenvalue weighted by atomic mass is 10.0. The third-order valence-electron chi connectivity index (χ3n) is 5.50. The van der Waals surface area contributed by atoms with Crippen LogP contribution in [0.5, 0.6) is 0 Å². The van der Waals surface area contributed by atoms with Gasteiger partial charge in [0.1, 0.15) is 5.69 Å². The number of carbonyl (C=O) groups is 1. The first kappa shape index (κ1) is 19.2. The Balaban J connectivity index is 1.36. The Bertz CT molecular complexity index is 866. The molecule has 1 amide bonds. The first-order valence-electron chi connectivity index (χ1n) is 9.90. The van der Waals surface area contributed by atoms with E-state index in [1.807, 2.05) is 11.8 Å². The molecule has 28 heavy (non-hydrogen) atoms. The average molecular weight is 403 g/mol. The number of aromatic nitrogens is 4. The highest BCUT2D eigenvalue weighted by Gasteiger charge is 2.23. The summed E-state index contributed by atoms with van der Waals surface area (Å²) in [4.78, 5) is 26.9. The topological polar surface area (TPSA) is 95.9 Å². The van der Waals surface area contributed by atoms with E-state index in [0.29, 0.717) is 18.8 Å². The van der Waals surface area contributed by atoms with E-state index in [9.17, 15) is 9.59 Å². The lowest BCUT2D eigenvalue weighted by Crippen LogP contribution is -2.48. The van der Waals surface area contributed by atoms with Crippen LogP contribution in [0.2, 0.25) is 0 Å². The van der Waals surface area contributed by atoms with Gasteiger partial charge in [-0.15, -0.1) is 0 Å². The Labute approximate surface area is 168 Å². The number of carbonyl (C=O) groups excluding carboxylic acids is 1. The maximum absolute atomic E-state index is 12.4. The number of aromatic amines is 1. The van der Waals surface area contributed by atoms with Gasteiger partial charge in [-0.1, -0.05) is 6.42 Å². The van der Waals surface area contributed by atoms with Crippen LogP contribution in [-0.2, 0) is 18.7 Å². The van der Waals surface area contributed by atoms with Crippen molar-refractivity contribution < 1.29 is 4.79 Å². The van der Waals surface area contributed by atoms with Crippen LogP contribution in [0.25, 0.3) is 0 Å². The van der Waals surface area contributed by atoms with Crippen LogP contribution in [0.3, 0.4) is 0 Å². The highest BCUT2D eigenvalue weighted by atomic mass is 32.2. The van der Waals surface area contributed by atoms with Crippen molar-refractivity contribution in [1.82, 2.24) is 30.2 Å². The van der Waals surface area contributed by atoms with Crippen molar-refractivity contribution in [3.8, 4) is 0 Å². The standard InChI is InChI=1S/C19H26N6O2S/c26-18-11-14-13-28-10-5-16(14)23-25(18)9-8-24-7-2-1-3-15(24)12-20-19(27)17-4-6-21-22-17/h4,6,11,15H,1-3,5,7-10,12-13H2,(H,20,27)(H,21,22). The number of hydrogen-bond donors (Lipinski definition) is 2. The number of nitrogens with one attached hydrogen (secondary N) is 2. The quantitative estimate of drug-likeness (QED) is 0.750. The van der Waals surface area contributed by atoms with Crippen LogP contribution in [0.1, 0.15) is 41.0 Å². The average Bonchev–Trinajstić information content (AvgIpc) is 3.26. The lowest BCUT2D eigenvalue weighted by molar-refractivity contribution is 0.0904. The molecule has 2 N–H and O–H groups in total. The van der Waals surface area contributed by atoms with Crippen molar-refractivity contribution in [1.29, 1.82) is 0 Å². The second kappa shape index (κ2) is 8.91. The Hall–Kier alpha value is -2.13. The highest BCUT2D eigenvalue weighted by molar-refractivity contribution is 7.98. The summed E-state index contributed by atoms with van der Waals surface area (Å²) in [5, 5.41) is 14.1. The molecular formula is C19H26N6O2S. The second-order valence-electron chi connectivity index (χ2n) is 7.35. The molecule has 8 nitrogen and oxygen atoms in total. The number of likely N-dealkylation sites (tertiary alicyclic amines) is 1. The maximum atomic E-state index is 12.4. The van der Waals surface area contributed by atoms with Gasteiger partial charge in [0.05, 0.1) is 12.2 Å². The van der Waals surface area contributed by atoms with E-state index in [0.717, 1.165) is 61.5 Å². The number of fused-ring (bicyclic) bond motifs is 1. The summed E-state index contributed by atoms with van der Waals surface area (Å²) < 4.78 is 1.61. The summed E-state index contributed by atoms with van der Waals surface area (Å²) in [6.07, 6.45) is 5.87. The van der Waals surface area contributed by atoms with E-state index in [2.05, 4.69) is 25.5 Å². The molecule has 1 saturated heterocycles. The second-order valence-corrected chi connectivity index (χ2v) is 8.45. The van der Waals surface area contributed by atoms with Crippen LogP contribution >= 0.6 is 11.8 Å². The molecular weight excluding hydrogens is 376 g/mol. The number of nitrogens with zero attached hydrogens (tertiary/aromatic N) is 4. The van der Waals surface area contributed by atoms with Crippen LogP contribution in [0.15, 0.2) is 23.1 Å². The molecule has 0 aliphatic carbocycles. The SMILES string of the molecule is O=C(NCC1CCCCN1CCn1nc2c(cc1=O)CSCC2)c1ccn[nH]1. The summed E-state index contributed by atoms with van der Waals surface area (Å²) in [6.45, 7) is 2.94. The van der Waals surface area contributed by atoms with E-state index in [4.69, 9.17) is 0 Å². The number of amides is 1. The fourth-order valence-electron chi connectivity index (χ4n) is 3.91. The molecule has 1 unspecified atom stereocenters. The fraction of sp³-hybridized carbons (Fsp3) is 0.579. The predicted molar refractivity (Wildman–Crippen MR) is 108 cm³/mol. The number of H-pyrrole nitrogens is 1. The van der Waals surface area contributed by atoms with Gasteiger partial charge in [-0.25, -0.2) is 4.68 Å². The van der Waals surface area contributed by atoms with Gasteiger partial charge in [0.2, 0.25) is 0 Å². The largest absolute Gasteiger partial charge is 0.349 e. The minimum atomic E-state index is -0.131. The van der Waals surface area contributed by atoms with E-state index in [1.54, 1.807) is 23.0 Å². The molecule has 2 aliphatic rings. The molecule has 2 aliphatic heterocycles. The Kier molecular flexibility index (Phi) is 6.11. The Morgan fingerprint density at radius 2 is 2.29 bits per heavy atom. The van der Waals surface area contributed by atoms with Crippen LogP contribution in [0, 0.1) is 0 Å². The molecule has 0 saturated carbocycles. The normalized spacial score (nSPS) is 19.9. The summed E-state index contributed by atoms with van der Waals surface area (Å²) in [6, 6.07) is 3.71. The Morgan fingerprint density at radius 1 is 1.36 bits per heavy atom. The molecule has 0 radical (unpaired) electrons. The van der Waals surface area contributed by atoms with Gasteiger partial charge >= 0.3 is 0 Å². The van der Waals surface area contributed by atoms with Crippen molar-refractivity contribution in [3.05, 3.63) is 45.6 Å². The fourth-order valence-corrected chi connectivity index (χ4v) is 4.86. The summed E-state index contributed by atoms with van der Waals surface area (Å²) in [5.74, 6) is 1.83. The summed E-state index contributed by atoms with van der Waals surface area (Å²) >= 11 is 1.86. The van der Waals surface area contributed by atoms with Crippen molar-refractivity contribution in [3.63, 3.8) is 0 Å². The van der Waals surface area contributed by atoms with Crippen molar-refractivity contribution >= 4 is 17.7 Å². The molecule has 1 atom stereocenters. The molecule has 0 spiro atoms. The number of hydrogen-bond acceptors (Lipinski definition) is 6. The van der Waals surface area contributed by atoms with Gasteiger partial charge in [0.25, 0.3) is 11.5 Å². The summed E-state index contributed by atoms with van der Waals surface area (Å²) in [7, 11) is 0. The van der Waals surface area contributed by atoms with Crippen molar-refractivity contribution in [2.24, 2.45) is 0 Å². The molecule has 1 fully saturated rings. The van der Waals surface area contributed by atoms with Crippen LogP contribution < -0.4 is 10.9 Å². The Morgan fingerprint density at radius 3 is 3.14 bits per heavy atom. The maximum Gasteiger partial charge on any atom is 0.269 e. The molecule has 0 aromatic carbocycles. The first-order chi connectivity index (χ1) is 13.7. The zero-order chi connectivity index (χ0) is 19.3. The molecule has 9 heteroatoms. The zero-order valence-electron chi connectivity index (χ0n) is 15.9. The first-order valence-corrected chi connectivity index (χ1v) is 11.1. The number of piperidine rings is 1. The van der Waals surface area contributed by atoms with Crippen molar-refractivity contribution in [2.75, 3.05) is 25.4 Å². The van der Waals surface area contributed by atoms with Gasteiger partial charge in [-0.3, -0.25) is 19.6 Å². The van der Waals surface area contributed by atoms with Gasteiger partial charge in [-0.05, 0) is 36.8 Å². The third kappa shape index (κ3) is 4.47. The molecule has 4 rings (SSSR count). The number of rotatable bonds is 6. The molecule has 150 valence electrons. The third-order valence-corrected chi connectivity index (χ3v) is 6.50. The number of thioether (sulfide) groups is 1. The minimum absolute atomic E-state index is 0.0117. The molecule has 0 bridgehead atoms. The summed E-state index contributed by atoms with van der Waals surface area (Å²) in [5.41, 5.74) is 2.63. The van der Waals surface area contributed by atoms with E-state index in [1.165, 1.54) is 0 Å². The van der Waals surface area contributed by atoms with Crippen LogP contribution in [-0.4, -0.2) is 62.2 Å². The van der Waals surface area contributed by atoms with Gasteiger partial charge in [-0.2, -0.15) is 22.0 Å². The molecule has 2 aromatic rings. The molecule has 4 heterocycles. The lowest BCUT2D eigenvalue weighted by Gasteiger charge is -2.35. The minimum Gasteiger partial charge on any atom is -0.349 e. The van der Waals surface area contributed by atoms with Gasteiger partial charge < -0.3 is 5.32 Å². The van der Waals surface area contributed by atoms with Crippen molar-refractivity contribution in [2.45, 2.75) is 44.0 Å². The van der Waals surface area contributed by atoms with Crippen LogP contribution in [0.4, 0.5) is 0 Å². The highest BCUT2D eigenvalue weighted by Crippen LogP contribution is 2.21. The molecule has 2 aromatic heterocycles.